The Bertz CT molecular complexity index is 715. The third-order valence-electron chi connectivity index (χ3n) is 4.17. The van der Waals surface area contributed by atoms with Gasteiger partial charge >= 0.3 is 0 Å². The number of nitrogens with one attached hydrogen (secondary N) is 2. The van der Waals surface area contributed by atoms with Crippen LogP contribution >= 0.6 is 0 Å². The fourth-order valence-electron chi connectivity index (χ4n) is 2.93. The number of anilines is 3. The molecule has 1 aromatic carbocycles. The number of rotatable bonds is 8. The van der Waals surface area contributed by atoms with Gasteiger partial charge in [-0.25, -0.2) is 9.97 Å². The molecule has 0 saturated carbocycles. The molecule has 0 radical (unpaired) electrons. The van der Waals surface area contributed by atoms with Crippen molar-refractivity contribution in [2.45, 2.75) is 26.9 Å². The van der Waals surface area contributed by atoms with E-state index in [-0.39, 0.29) is 6.10 Å². The largest absolute Gasteiger partial charge is 0.491 e. The molecule has 146 valence electrons. The van der Waals surface area contributed by atoms with Crippen LogP contribution in [0.1, 0.15) is 19.7 Å². The Morgan fingerprint density at radius 3 is 2.52 bits per heavy atom. The van der Waals surface area contributed by atoms with E-state index in [4.69, 9.17) is 9.47 Å². The van der Waals surface area contributed by atoms with Gasteiger partial charge in [0.2, 0.25) is 0 Å². The fourth-order valence-corrected chi connectivity index (χ4v) is 2.93. The molecular weight excluding hydrogens is 342 g/mol. The molecular formula is C20H29N5O2. The first kappa shape index (κ1) is 19.4. The van der Waals surface area contributed by atoms with E-state index in [0.29, 0.717) is 0 Å². The van der Waals surface area contributed by atoms with Crippen LogP contribution in [0.4, 0.5) is 17.3 Å². The van der Waals surface area contributed by atoms with E-state index >= 15 is 0 Å². The zero-order valence-electron chi connectivity index (χ0n) is 16.4. The highest BCUT2D eigenvalue weighted by atomic mass is 16.5. The smallest absolute Gasteiger partial charge is 0.136 e. The summed E-state index contributed by atoms with van der Waals surface area (Å²) in [5.41, 5.74) is 0.962. The first-order valence-corrected chi connectivity index (χ1v) is 9.52. The van der Waals surface area contributed by atoms with Crippen molar-refractivity contribution in [1.29, 1.82) is 0 Å². The monoisotopic (exact) mass is 371 g/mol. The van der Waals surface area contributed by atoms with E-state index in [1.807, 2.05) is 51.1 Å². The lowest BCUT2D eigenvalue weighted by molar-refractivity contribution is 0.0398. The second-order valence-corrected chi connectivity index (χ2v) is 6.88. The third-order valence-corrected chi connectivity index (χ3v) is 4.17. The average Bonchev–Trinajstić information content (AvgIpc) is 2.63. The van der Waals surface area contributed by atoms with Gasteiger partial charge in [0.25, 0.3) is 0 Å². The number of hydrogen-bond donors (Lipinski definition) is 2. The molecule has 0 unspecified atom stereocenters. The summed E-state index contributed by atoms with van der Waals surface area (Å²) in [6, 6.07) is 9.82. The molecule has 1 aliphatic heterocycles. The zero-order chi connectivity index (χ0) is 19.1. The van der Waals surface area contributed by atoms with Crippen molar-refractivity contribution >= 4 is 17.3 Å². The highest BCUT2D eigenvalue weighted by Gasteiger charge is 2.10. The van der Waals surface area contributed by atoms with Gasteiger partial charge in [-0.15, -0.1) is 0 Å². The maximum absolute atomic E-state index is 5.68. The third kappa shape index (κ3) is 6.37. The van der Waals surface area contributed by atoms with Gasteiger partial charge in [-0.1, -0.05) is 0 Å². The molecule has 1 fully saturated rings. The number of ether oxygens (including phenoxy) is 2. The summed E-state index contributed by atoms with van der Waals surface area (Å²) in [4.78, 5) is 11.4. The lowest BCUT2D eigenvalue weighted by Crippen LogP contribution is -2.39. The van der Waals surface area contributed by atoms with Crippen molar-refractivity contribution in [2.24, 2.45) is 0 Å². The highest BCUT2D eigenvalue weighted by Crippen LogP contribution is 2.21. The lowest BCUT2D eigenvalue weighted by atomic mass is 10.3. The molecule has 1 aliphatic rings. The second kappa shape index (κ2) is 9.53. The molecule has 3 rings (SSSR count). The molecule has 2 N–H and O–H groups in total. The molecule has 1 aromatic heterocycles. The molecule has 7 heteroatoms. The summed E-state index contributed by atoms with van der Waals surface area (Å²) in [6.07, 6.45) is 0.166. The van der Waals surface area contributed by atoms with Crippen LogP contribution in [-0.2, 0) is 4.74 Å². The molecule has 27 heavy (non-hydrogen) atoms. The van der Waals surface area contributed by atoms with Crippen molar-refractivity contribution in [3.63, 3.8) is 0 Å². The zero-order valence-corrected chi connectivity index (χ0v) is 16.4. The van der Waals surface area contributed by atoms with Crippen molar-refractivity contribution in [3.05, 3.63) is 36.2 Å². The van der Waals surface area contributed by atoms with E-state index in [1.54, 1.807) is 0 Å². The SMILES string of the molecule is Cc1nc(NCCN2CCOCC2)cc(Nc2ccc(OC(C)C)cc2)n1. The number of hydrogen-bond acceptors (Lipinski definition) is 7. The molecule has 0 spiro atoms. The van der Waals surface area contributed by atoms with E-state index in [9.17, 15) is 0 Å². The summed E-state index contributed by atoms with van der Waals surface area (Å²) < 4.78 is 11.1. The quantitative estimate of drug-likeness (QED) is 0.739. The molecule has 0 bridgehead atoms. The van der Waals surface area contributed by atoms with Gasteiger partial charge in [0.1, 0.15) is 23.2 Å². The van der Waals surface area contributed by atoms with Crippen LogP contribution in [0.3, 0.4) is 0 Å². The number of benzene rings is 1. The predicted molar refractivity (Wildman–Crippen MR) is 108 cm³/mol. The summed E-state index contributed by atoms with van der Waals surface area (Å²) in [5.74, 6) is 3.19. The van der Waals surface area contributed by atoms with Crippen molar-refractivity contribution in [3.8, 4) is 5.75 Å². The molecule has 7 nitrogen and oxygen atoms in total. The Balaban J connectivity index is 1.56. The maximum atomic E-state index is 5.68. The van der Waals surface area contributed by atoms with Crippen LogP contribution in [0.2, 0.25) is 0 Å². The average molecular weight is 371 g/mol. The molecule has 1 saturated heterocycles. The van der Waals surface area contributed by atoms with Crippen LogP contribution in [0.5, 0.6) is 5.75 Å². The first-order chi connectivity index (χ1) is 13.1. The van der Waals surface area contributed by atoms with Crippen molar-refractivity contribution < 1.29 is 9.47 Å². The van der Waals surface area contributed by atoms with Gasteiger partial charge in [-0.2, -0.15) is 0 Å². The number of morpholine rings is 1. The van der Waals surface area contributed by atoms with Crippen molar-refractivity contribution in [2.75, 3.05) is 50.0 Å². The summed E-state index contributed by atoms with van der Waals surface area (Å²) >= 11 is 0. The first-order valence-electron chi connectivity index (χ1n) is 9.52. The van der Waals surface area contributed by atoms with Gasteiger partial charge < -0.3 is 20.1 Å². The van der Waals surface area contributed by atoms with Gasteiger partial charge in [-0.3, -0.25) is 4.90 Å². The second-order valence-electron chi connectivity index (χ2n) is 6.88. The van der Waals surface area contributed by atoms with Crippen molar-refractivity contribution in [1.82, 2.24) is 14.9 Å². The van der Waals surface area contributed by atoms with Gasteiger partial charge in [0, 0.05) is 37.9 Å². The lowest BCUT2D eigenvalue weighted by Gasteiger charge is -2.26. The summed E-state index contributed by atoms with van der Waals surface area (Å²) in [5, 5.41) is 6.73. The van der Waals surface area contributed by atoms with Crippen LogP contribution < -0.4 is 15.4 Å². The van der Waals surface area contributed by atoms with E-state index in [2.05, 4.69) is 25.5 Å². The summed E-state index contributed by atoms with van der Waals surface area (Å²) in [6.45, 7) is 11.4. The molecule has 0 atom stereocenters. The number of nitrogens with zero attached hydrogens (tertiary/aromatic N) is 3. The minimum Gasteiger partial charge on any atom is -0.491 e. The van der Waals surface area contributed by atoms with Crippen LogP contribution in [0.15, 0.2) is 30.3 Å². The van der Waals surface area contributed by atoms with E-state index < -0.39 is 0 Å². The number of aromatic nitrogens is 2. The van der Waals surface area contributed by atoms with Gasteiger partial charge in [0.15, 0.2) is 0 Å². The van der Waals surface area contributed by atoms with Crippen LogP contribution in [-0.4, -0.2) is 60.4 Å². The molecule has 2 heterocycles. The maximum Gasteiger partial charge on any atom is 0.136 e. The Morgan fingerprint density at radius 2 is 1.81 bits per heavy atom. The molecule has 2 aromatic rings. The minimum absolute atomic E-state index is 0.166. The number of aryl methyl sites for hydroxylation is 1. The highest BCUT2D eigenvalue weighted by molar-refractivity contribution is 5.60. The van der Waals surface area contributed by atoms with E-state index in [1.165, 1.54) is 0 Å². The normalized spacial score (nSPS) is 15.0. The van der Waals surface area contributed by atoms with Gasteiger partial charge in [-0.05, 0) is 45.0 Å². The Hall–Kier alpha value is -2.38. The topological polar surface area (TPSA) is 71.5 Å². The Labute approximate surface area is 161 Å². The molecule has 0 aliphatic carbocycles. The predicted octanol–water partition coefficient (Wildman–Crippen LogP) is 3.06. The Kier molecular flexibility index (Phi) is 6.84. The van der Waals surface area contributed by atoms with E-state index in [0.717, 1.165) is 68.3 Å². The van der Waals surface area contributed by atoms with Gasteiger partial charge in [0.05, 0.1) is 19.3 Å². The summed E-state index contributed by atoms with van der Waals surface area (Å²) in [7, 11) is 0. The minimum atomic E-state index is 0.166. The fraction of sp³-hybridized carbons (Fsp3) is 0.500. The Morgan fingerprint density at radius 1 is 1.11 bits per heavy atom. The van der Waals surface area contributed by atoms with Crippen LogP contribution in [0, 0.1) is 6.92 Å². The standard InChI is InChI=1S/C20H29N5O2/c1-15(2)27-18-6-4-17(5-7-18)24-20-14-19(22-16(3)23-20)21-8-9-25-10-12-26-13-11-25/h4-7,14-15H,8-13H2,1-3H3,(H2,21,22,23,24). The van der Waals surface area contributed by atoms with Crippen LogP contribution in [0.25, 0.3) is 0 Å². The molecule has 0 amide bonds.